The van der Waals surface area contributed by atoms with Gasteiger partial charge in [-0.1, -0.05) is 41.9 Å². The fraction of sp³-hybridized carbons (Fsp3) is 0.222. The number of hydrogen-bond donors (Lipinski definition) is 3. The summed E-state index contributed by atoms with van der Waals surface area (Å²) >= 11 is 12.5. The smallest absolute Gasteiger partial charge is 0.251 e. The average Bonchev–Trinajstić information content (AvgIpc) is 2.62. The van der Waals surface area contributed by atoms with Crippen LogP contribution in [-0.4, -0.2) is 22.8 Å². The second-order valence-corrected chi connectivity index (χ2v) is 7.58. The van der Waals surface area contributed by atoms with Crippen molar-refractivity contribution in [1.29, 1.82) is 0 Å². The summed E-state index contributed by atoms with van der Waals surface area (Å²) in [5.74, 6) is -0.129. The van der Waals surface area contributed by atoms with Gasteiger partial charge in [-0.25, -0.2) is 0 Å². The molecule has 1 amide bonds. The predicted octanol–water partition coefficient (Wildman–Crippen LogP) is 3.56. The summed E-state index contributed by atoms with van der Waals surface area (Å²) in [7, 11) is 0. The van der Waals surface area contributed by atoms with Gasteiger partial charge < -0.3 is 5.32 Å². The zero-order valence-electron chi connectivity index (χ0n) is 13.8. The molecule has 0 radical (unpaired) electrons. The molecule has 0 unspecified atom stereocenters. The van der Waals surface area contributed by atoms with E-state index in [1.807, 2.05) is 61.5 Å². The largest absolute Gasteiger partial charge is 0.361 e. The third-order valence-corrected chi connectivity index (χ3v) is 4.95. The maximum atomic E-state index is 12.1. The lowest BCUT2D eigenvalue weighted by Gasteiger charge is -2.15. The van der Waals surface area contributed by atoms with Crippen molar-refractivity contribution in [2.45, 2.75) is 23.5 Å². The van der Waals surface area contributed by atoms with Gasteiger partial charge in [0, 0.05) is 16.5 Å². The van der Waals surface area contributed by atoms with E-state index in [0.717, 1.165) is 21.9 Å². The van der Waals surface area contributed by atoms with Gasteiger partial charge in [-0.05, 0) is 55.4 Å². The number of carbonyl (C=O) groups excluding carboxylic acids is 1. The van der Waals surface area contributed by atoms with E-state index in [9.17, 15) is 4.79 Å². The van der Waals surface area contributed by atoms with E-state index >= 15 is 0 Å². The lowest BCUT2D eigenvalue weighted by molar-refractivity contribution is -0.120. The standard InChI is InChI=1S/C18H20ClN3OS2/c1-13(25-16-5-3-2-4-6-16)17(23)21-22-18(24)20-12-11-14-7-9-15(19)10-8-14/h2-10,13H,11-12H2,1H3,(H,21,23)(H2,20,22,24)/t13-/m0/s1. The zero-order valence-corrected chi connectivity index (χ0v) is 16.2. The lowest BCUT2D eigenvalue weighted by atomic mass is 10.1. The molecule has 0 bridgehead atoms. The zero-order chi connectivity index (χ0) is 18.1. The van der Waals surface area contributed by atoms with Gasteiger partial charge in [-0.2, -0.15) is 0 Å². The van der Waals surface area contributed by atoms with E-state index < -0.39 is 0 Å². The topological polar surface area (TPSA) is 53.2 Å². The Morgan fingerprint density at radius 2 is 1.80 bits per heavy atom. The first-order chi connectivity index (χ1) is 12.0. The van der Waals surface area contributed by atoms with Gasteiger partial charge >= 0.3 is 0 Å². The summed E-state index contributed by atoms with van der Waals surface area (Å²) in [6.45, 7) is 2.52. The lowest BCUT2D eigenvalue weighted by Crippen LogP contribution is -2.49. The van der Waals surface area contributed by atoms with Gasteiger partial charge in [0.15, 0.2) is 5.11 Å². The Bertz CT molecular complexity index is 695. The van der Waals surface area contributed by atoms with Crippen molar-refractivity contribution in [1.82, 2.24) is 16.2 Å². The van der Waals surface area contributed by atoms with Crippen LogP contribution >= 0.6 is 35.6 Å². The predicted molar refractivity (Wildman–Crippen MR) is 109 cm³/mol. The van der Waals surface area contributed by atoms with Crippen LogP contribution in [0.3, 0.4) is 0 Å². The van der Waals surface area contributed by atoms with E-state index in [2.05, 4.69) is 16.2 Å². The van der Waals surface area contributed by atoms with E-state index in [1.165, 1.54) is 11.8 Å². The molecule has 3 N–H and O–H groups in total. The van der Waals surface area contributed by atoms with Crippen LogP contribution in [-0.2, 0) is 11.2 Å². The summed E-state index contributed by atoms with van der Waals surface area (Å²) in [5.41, 5.74) is 6.52. The molecule has 0 saturated carbocycles. The fourth-order valence-corrected chi connectivity index (χ4v) is 3.16. The Labute approximate surface area is 162 Å². The fourth-order valence-electron chi connectivity index (χ4n) is 1.99. The SMILES string of the molecule is C[C@H](Sc1ccccc1)C(=O)NNC(=S)NCCc1ccc(Cl)cc1. The number of nitrogens with one attached hydrogen (secondary N) is 3. The average molecular weight is 394 g/mol. The van der Waals surface area contributed by atoms with Crippen LogP contribution in [0.1, 0.15) is 12.5 Å². The Kier molecular flexibility index (Phi) is 8.04. The number of amides is 1. The van der Waals surface area contributed by atoms with Crippen molar-refractivity contribution in [3.63, 3.8) is 0 Å². The van der Waals surface area contributed by atoms with Crippen LogP contribution in [0.2, 0.25) is 5.02 Å². The van der Waals surface area contributed by atoms with Crippen LogP contribution in [0.5, 0.6) is 0 Å². The summed E-state index contributed by atoms with van der Waals surface area (Å²) in [4.78, 5) is 13.1. The highest BCUT2D eigenvalue weighted by Gasteiger charge is 2.14. The van der Waals surface area contributed by atoms with E-state index in [4.69, 9.17) is 23.8 Å². The Balaban J connectivity index is 1.65. The minimum absolute atomic E-state index is 0.129. The molecule has 2 aromatic carbocycles. The summed E-state index contributed by atoms with van der Waals surface area (Å²) in [6, 6.07) is 17.5. The molecule has 2 aromatic rings. The number of benzene rings is 2. The first-order valence-corrected chi connectivity index (χ1v) is 9.51. The Hall–Kier alpha value is -1.76. The molecule has 0 fully saturated rings. The van der Waals surface area contributed by atoms with E-state index in [1.54, 1.807) is 0 Å². The van der Waals surface area contributed by atoms with Gasteiger partial charge in [0.1, 0.15) is 0 Å². The third kappa shape index (κ3) is 7.34. The van der Waals surface area contributed by atoms with Gasteiger partial charge in [0.25, 0.3) is 5.91 Å². The molecule has 25 heavy (non-hydrogen) atoms. The van der Waals surface area contributed by atoms with Crippen molar-refractivity contribution in [2.75, 3.05) is 6.54 Å². The summed E-state index contributed by atoms with van der Waals surface area (Å²) in [5, 5.41) is 3.94. The first kappa shape index (κ1) is 19.6. The van der Waals surface area contributed by atoms with Gasteiger partial charge in [-0.15, -0.1) is 11.8 Å². The number of rotatable bonds is 6. The molecule has 7 heteroatoms. The quantitative estimate of drug-likeness (QED) is 0.398. The number of carbonyl (C=O) groups is 1. The highest BCUT2D eigenvalue weighted by molar-refractivity contribution is 8.00. The monoisotopic (exact) mass is 393 g/mol. The molecule has 0 aliphatic heterocycles. The third-order valence-electron chi connectivity index (χ3n) is 3.34. The van der Waals surface area contributed by atoms with Crippen LogP contribution in [0, 0.1) is 0 Å². The minimum atomic E-state index is -0.230. The second kappa shape index (κ2) is 10.3. The molecule has 132 valence electrons. The number of halogens is 1. The minimum Gasteiger partial charge on any atom is -0.361 e. The van der Waals surface area contributed by atoms with E-state index in [0.29, 0.717) is 11.7 Å². The molecular weight excluding hydrogens is 374 g/mol. The normalized spacial score (nSPS) is 11.4. The molecule has 0 aliphatic rings. The Morgan fingerprint density at radius 3 is 2.48 bits per heavy atom. The van der Waals surface area contributed by atoms with E-state index in [-0.39, 0.29) is 11.2 Å². The van der Waals surface area contributed by atoms with Crippen LogP contribution in [0.25, 0.3) is 0 Å². The summed E-state index contributed by atoms with van der Waals surface area (Å²) < 4.78 is 0. The summed E-state index contributed by atoms with van der Waals surface area (Å²) in [6.07, 6.45) is 0.813. The molecule has 0 spiro atoms. The van der Waals surface area contributed by atoms with Gasteiger partial charge in [0.2, 0.25) is 0 Å². The van der Waals surface area contributed by atoms with Gasteiger partial charge in [0.05, 0.1) is 5.25 Å². The van der Waals surface area contributed by atoms with Crippen molar-refractivity contribution < 1.29 is 4.79 Å². The van der Waals surface area contributed by atoms with Crippen molar-refractivity contribution in [3.8, 4) is 0 Å². The highest BCUT2D eigenvalue weighted by Crippen LogP contribution is 2.22. The van der Waals surface area contributed by atoms with Gasteiger partial charge in [-0.3, -0.25) is 15.6 Å². The van der Waals surface area contributed by atoms with Crippen molar-refractivity contribution in [2.24, 2.45) is 0 Å². The molecule has 2 rings (SSSR count). The van der Waals surface area contributed by atoms with Crippen LogP contribution in [0.15, 0.2) is 59.5 Å². The molecule has 0 saturated heterocycles. The molecule has 4 nitrogen and oxygen atoms in total. The molecule has 0 heterocycles. The molecule has 1 atom stereocenters. The first-order valence-electron chi connectivity index (χ1n) is 7.84. The molecule has 0 aromatic heterocycles. The second-order valence-electron chi connectivity index (χ2n) is 5.32. The van der Waals surface area contributed by atoms with Crippen LogP contribution in [0.4, 0.5) is 0 Å². The molecular formula is C18H20ClN3OS2. The number of thioether (sulfide) groups is 1. The van der Waals surface area contributed by atoms with Crippen molar-refractivity contribution >= 4 is 46.6 Å². The number of hydrogen-bond acceptors (Lipinski definition) is 3. The Morgan fingerprint density at radius 1 is 1.12 bits per heavy atom. The van der Waals surface area contributed by atoms with Crippen LogP contribution < -0.4 is 16.2 Å². The number of hydrazine groups is 1. The molecule has 0 aliphatic carbocycles. The van der Waals surface area contributed by atoms with Crippen molar-refractivity contribution in [3.05, 3.63) is 65.2 Å². The maximum absolute atomic E-state index is 12.1. The number of thiocarbonyl (C=S) groups is 1. The maximum Gasteiger partial charge on any atom is 0.251 e. The highest BCUT2D eigenvalue weighted by atomic mass is 35.5.